The van der Waals surface area contributed by atoms with Crippen LogP contribution < -0.4 is 5.73 Å². The second kappa shape index (κ2) is 6.52. The van der Waals surface area contributed by atoms with Crippen molar-refractivity contribution in [1.29, 1.82) is 0 Å². The average Bonchev–Trinajstić information content (AvgIpc) is 2.83. The topological polar surface area (TPSA) is 69.6 Å². The summed E-state index contributed by atoms with van der Waals surface area (Å²) in [5.41, 5.74) is 7.14. The van der Waals surface area contributed by atoms with E-state index in [0.717, 1.165) is 18.5 Å². The van der Waals surface area contributed by atoms with Crippen molar-refractivity contribution in [3.63, 3.8) is 0 Å². The Balaban J connectivity index is 2.14. The first kappa shape index (κ1) is 13.8. The Hall–Kier alpha value is -1.62. The molecule has 1 aromatic carbocycles. The lowest BCUT2D eigenvalue weighted by molar-refractivity contribution is 0.531. The van der Waals surface area contributed by atoms with Gasteiger partial charge in [-0.15, -0.1) is 5.10 Å². The summed E-state index contributed by atoms with van der Waals surface area (Å²) in [4.78, 5) is 0. The number of rotatable bonds is 6. The van der Waals surface area contributed by atoms with Crippen LogP contribution in [-0.4, -0.2) is 20.2 Å². The molecule has 0 spiro atoms. The second-order valence-electron chi connectivity index (χ2n) is 4.53. The van der Waals surface area contributed by atoms with Crippen LogP contribution in [0.15, 0.2) is 18.2 Å². The maximum absolute atomic E-state index is 6.19. The van der Waals surface area contributed by atoms with Crippen LogP contribution in [0.2, 0.25) is 5.02 Å². The first-order chi connectivity index (χ1) is 9.22. The number of unbranched alkanes of at least 4 members (excludes halogenated alkanes) is 3. The molecule has 0 saturated heterocycles. The minimum atomic E-state index is 0.574. The summed E-state index contributed by atoms with van der Waals surface area (Å²) in [6, 6.07) is 5.37. The van der Waals surface area contributed by atoms with Gasteiger partial charge >= 0.3 is 0 Å². The van der Waals surface area contributed by atoms with E-state index < -0.39 is 0 Å². The highest BCUT2D eigenvalue weighted by atomic mass is 35.5. The van der Waals surface area contributed by atoms with E-state index in [1.807, 2.05) is 6.07 Å². The Bertz CT molecular complexity index is 538. The maximum Gasteiger partial charge on any atom is 0.183 e. The Morgan fingerprint density at radius 2 is 2.11 bits per heavy atom. The average molecular weight is 280 g/mol. The summed E-state index contributed by atoms with van der Waals surface area (Å²) >= 11 is 6.19. The smallest absolute Gasteiger partial charge is 0.183 e. The lowest BCUT2D eigenvalue weighted by atomic mass is 10.2. The van der Waals surface area contributed by atoms with Gasteiger partial charge < -0.3 is 5.73 Å². The number of nitrogens with zero attached hydrogens (tertiary/aromatic N) is 4. The number of hydrogen-bond acceptors (Lipinski definition) is 4. The van der Waals surface area contributed by atoms with Gasteiger partial charge in [0.05, 0.1) is 5.02 Å². The number of tetrazole rings is 1. The minimum Gasteiger partial charge on any atom is -0.399 e. The predicted molar refractivity (Wildman–Crippen MR) is 76.8 cm³/mol. The highest BCUT2D eigenvalue weighted by Crippen LogP contribution is 2.27. The summed E-state index contributed by atoms with van der Waals surface area (Å²) in [5, 5.41) is 12.4. The van der Waals surface area contributed by atoms with Crippen LogP contribution in [0.3, 0.4) is 0 Å². The fraction of sp³-hybridized carbons (Fsp3) is 0.462. The largest absolute Gasteiger partial charge is 0.399 e. The molecule has 6 heteroatoms. The van der Waals surface area contributed by atoms with Crippen LogP contribution in [0.25, 0.3) is 11.4 Å². The van der Waals surface area contributed by atoms with Crippen molar-refractivity contribution in [3.8, 4) is 11.4 Å². The van der Waals surface area contributed by atoms with Crippen molar-refractivity contribution in [3.05, 3.63) is 23.2 Å². The molecule has 0 bridgehead atoms. The molecular formula is C13H18ClN5. The molecule has 1 heterocycles. The monoisotopic (exact) mass is 279 g/mol. The Morgan fingerprint density at radius 1 is 1.26 bits per heavy atom. The highest BCUT2D eigenvalue weighted by Gasteiger charge is 2.12. The van der Waals surface area contributed by atoms with Crippen molar-refractivity contribution in [1.82, 2.24) is 20.2 Å². The molecule has 1 aromatic heterocycles. The Kier molecular flexibility index (Phi) is 4.74. The minimum absolute atomic E-state index is 0.574. The molecule has 2 rings (SSSR count). The van der Waals surface area contributed by atoms with Crippen molar-refractivity contribution < 1.29 is 0 Å². The lowest BCUT2D eigenvalue weighted by Crippen LogP contribution is -2.03. The van der Waals surface area contributed by atoms with Crippen LogP contribution in [0, 0.1) is 0 Å². The van der Waals surface area contributed by atoms with E-state index in [4.69, 9.17) is 17.3 Å². The Morgan fingerprint density at radius 3 is 2.84 bits per heavy atom. The zero-order chi connectivity index (χ0) is 13.7. The van der Waals surface area contributed by atoms with E-state index in [2.05, 4.69) is 22.4 Å². The molecule has 0 atom stereocenters. The number of aromatic nitrogens is 4. The number of anilines is 1. The van der Waals surface area contributed by atoms with Gasteiger partial charge in [0.2, 0.25) is 0 Å². The molecule has 0 amide bonds. The molecule has 5 nitrogen and oxygen atoms in total. The molecular weight excluding hydrogens is 262 g/mol. The van der Waals surface area contributed by atoms with Gasteiger partial charge in [-0.05, 0) is 35.0 Å². The predicted octanol–water partition coefficient (Wildman–Crippen LogP) is 3.16. The molecule has 0 aliphatic heterocycles. The molecule has 2 aromatic rings. The summed E-state index contributed by atoms with van der Waals surface area (Å²) in [5.74, 6) is 0.696. The summed E-state index contributed by atoms with van der Waals surface area (Å²) in [6.07, 6.45) is 4.70. The molecule has 0 aliphatic carbocycles. The van der Waals surface area contributed by atoms with Crippen LogP contribution in [-0.2, 0) is 6.54 Å². The van der Waals surface area contributed by atoms with Crippen molar-refractivity contribution in [2.45, 2.75) is 39.2 Å². The van der Waals surface area contributed by atoms with E-state index in [0.29, 0.717) is 16.5 Å². The zero-order valence-electron chi connectivity index (χ0n) is 11.0. The number of halogens is 1. The zero-order valence-corrected chi connectivity index (χ0v) is 11.8. The molecule has 0 fully saturated rings. The molecule has 0 aliphatic rings. The van der Waals surface area contributed by atoms with E-state index in [9.17, 15) is 0 Å². The fourth-order valence-electron chi connectivity index (χ4n) is 1.95. The molecule has 0 saturated carbocycles. The standard InChI is InChI=1S/C13H18ClN5/c1-2-3-4-5-8-19-13(16-17-18-19)11-7-6-10(15)9-12(11)14/h6-7,9H,2-5,8,15H2,1H3. The first-order valence-electron chi connectivity index (χ1n) is 6.54. The van der Waals surface area contributed by atoms with Gasteiger partial charge in [-0.25, -0.2) is 4.68 Å². The van der Waals surface area contributed by atoms with Gasteiger partial charge in [0, 0.05) is 17.8 Å². The first-order valence-corrected chi connectivity index (χ1v) is 6.91. The number of nitrogen functional groups attached to an aromatic ring is 1. The van der Waals surface area contributed by atoms with Crippen molar-refractivity contribution in [2.24, 2.45) is 0 Å². The summed E-state index contributed by atoms with van der Waals surface area (Å²) < 4.78 is 1.80. The number of nitrogens with two attached hydrogens (primary N) is 1. The van der Waals surface area contributed by atoms with Gasteiger partial charge in [0.25, 0.3) is 0 Å². The number of aryl methyl sites for hydroxylation is 1. The van der Waals surface area contributed by atoms with Crippen LogP contribution in [0.1, 0.15) is 32.6 Å². The van der Waals surface area contributed by atoms with Gasteiger partial charge in [-0.1, -0.05) is 37.8 Å². The lowest BCUT2D eigenvalue weighted by Gasteiger charge is -2.06. The third kappa shape index (κ3) is 3.44. The molecule has 2 N–H and O–H groups in total. The van der Waals surface area contributed by atoms with E-state index in [1.54, 1.807) is 16.8 Å². The number of benzene rings is 1. The molecule has 0 radical (unpaired) electrons. The van der Waals surface area contributed by atoms with Gasteiger partial charge in [0.15, 0.2) is 5.82 Å². The van der Waals surface area contributed by atoms with Crippen LogP contribution in [0.4, 0.5) is 5.69 Å². The van der Waals surface area contributed by atoms with Gasteiger partial charge in [-0.3, -0.25) is 0 Å². The Labute approximate surface area is 117 Å². The third-order valence-electron chi connectivity index (χ3n) is 2.99. The molecule has 19 heavy (non-hydrogen) atoms. The normalized spacial score (nSPS) is 10.8. The molecule has 102 valence electrons. The molecule has 0 unspecified atom stereocenters. The summed E-state index contributed by atoms with van der Waals surface area (Å²) in [7, 11) is 0. The SMILES string of the molecule is CCCCCCn1nnnc1-c1ccc(N)cc1Cl. The summed E-state index contributed by atoms with van der Waals surface area (Å²) in [6.45, 7) is 3.00. The second-order valence-corrected chi connectivity index (χ2v) is 4.93. The van der Waals surface area contributed by atoms with Gasteiger partial charge in [-0.2, -0.15) is 0 Å². The van der Waals surface area contributed by atoms with Gasteiger partial charge in [0.1, 0.15) is 0 Å². The van der Waals surface area contributed by atoms with Crippen molar-refractivity contribution >= 4 is 17.3 Å². The van der Waals surface area contributed by atoms with Crippen molar-refractivity contribution in [2.75, 3.05) is 5.73 Å². The van der Waals surface area contributed by atoms with Crippen LogP contribution >= 0.6 is 11.6 Å². The van der Waals surface area contributed by atoms with E-state index in [1.165, 1.54) is 19.3 Å². The number of hydrogen-bond donors (Lipinski definition) is 1. The van der Waals surface area contributed by atoms with E-state index >= 15 is 0 Å². The maximum atomic E-state index is 6.19. The third-order valence-corrected chi connectivity index (χ3v) is 3.30. The quantitative estimate of drug-likeness (QED) is 0.651. The van der Waals surface area contributed by atoms with E-state index in [-0.39, 0.29) is 0 Å². The fourth-order valence-corrected chi connectivity index (χ4v) is 2.22. The highest BCUT2D eigenvalue weighted by molar-refractivity contribution is 6.33. The van der Waals surface area contributed by atoms with Crippen LogP contribution in [0.5, 0.6) is 0 Å².